The summed E-state index contributed by atoms with van der Waals surface area (Å²) < 4.78 is 11.2. The Bertz CT molecular complexity index is 1550. The molecule has 1 amide bonds. The van der Waals surface area contributed by atoms with Gasteiger partial charge in [0.1, 0.15) is 17.6 Å². The maximum absolute atomic E-state index is 12.3. The molecule has 9 heteroatoms. The number of ether oxygens (including phenoxy) is 1. The first-order chi connectivity index (χ1) is 19.3. The highest BCUT2D eigenvalue weighted by Crippen LogP contribution is 2.43. The zero-order valence-corrected chi connectivity index (χ0v) is 23.5. The average molecular weight is 555 g/mol. The van der Waals surface area contributed by atoms with Crippen molar-refractivity contribution in [1.82, 2.24) is 10.3 Å². The molecule has 4 aromatic rings. The molecule has 0 bridgehead atoms. The number of aromatic nitrogens is 1. The van der Waals surface area contributed by atoms with Crippen LogP contribution in [-0.2, 0) is 9.53 Å². The Hall–Kier alpha value is -4.50. The molecule has 0 unspecified atom stereocenters. The van der Waals surface area contributed by atoms with E-state index in [4.69, 9.17) is 21.4 Å². The Balaban J connectivity index is 1.52. The summed E-state index contributed by atoms with van der Waals surface area (Å²) in [5.74, 6) is 0.806. The third-order valence-corrected chi connectivity index (χ3v) is 7.19. The van der Waals surface area contributed by atoms with Gasteiger partial charge in [-0.25, -0.2) is 4.79 Å². The van der Waals surface area contributed by atoms with Crippen LogP contribution in [0.15, 0.2) is 83.4 Å². The second-order valence-corrected chi connectivity index (χ2v) is 10.3. The van der Waals surface area contributed by atoms with Crippen molar-refractivity contribution in [1.29, 1.82) is 0 Å². The number of methoxy groups -OCH3 is 1. The van der Waals surface area contributed by atoms with Crippen LogP contribution in [0, 0.1) is 12.8 Å². The number of pyridine rings is 1. The van der Waals surface area contributed by atoms with E-state index in [0.29, 0.717) is 22.2 Å². The number of thiocarbonyl (C=S) groups is 1. The van der Waals surface area contributed by atoms with Gasteiger partial charge in [0.05, 0.1) is 24.4 Å². The van der Waals surface area contributed by atoms with Gasteiger partial charge in [-0.15, -0.1) is 0 Å². The van der Waals surface area contributed by atoms with E-state index in [1.807, 2.05) is 86.3 Å². The van der Waals surface area contributed by atoms with Crippen LogP contribution >= 0.6 is 12.2 Å². The lowest BCUT2D eigenvalue weighted by Crippen LogP contribution is -2.29. The molecule has 2 aromatic carbocycles. The van der Waals surface area contributed by atoms with Crippen LogP contribution < -0.4 is 15.5 Å². The smallest absolute Gasteiger partial charge is 0.337 e. The van der Waals surface area contributed by atoms with Crippen LogP contribution in [0.3, 0.4) is 0 Å². The van der Waals surface area contributed by atoms with Crippen molar-refractivity contribution in [2.75, 3.05) is 17.3 Å². The first-order valence-electron chi connectivity index (χ1n) is 13.0. The van der Waals surface area contributed by atoms with Gasteiger partial charge < -0.3 is 24.7 Å². The number of carbonyl (C=O) groups is 2. The number of hydrogen-bond acceptors (Lipinski definition) is 6. The standard InChI is InChI=1S/C31H30N4O4S/c1-18(2)29(36)33-23-13-12-22(17-19(23)3)35-28(27(34-31(35)40)24-7-5-6-16-32-24)26-15-14-25(39-26)20-8-10-21(11-9-20)30(37)38-4/h5-18,27-28H,1-4H3,(H,33,36)(H,34,40)/t27-,28-/m0/s1. The summed E-state index contributed by atoms with van der Waals surface area (Å²) in [6.07, 6.45) is 1.76. The third-order valence-electron chi connectivity index (χ3n) is 6.88. The van der Waals surface area contributed by atoms with E-state index in [2.05, 4.69) is 15.6 Å². The minimum absolute atomic E-state index is 0.0370. The molecule has 1 aliphatic heterocycles. The van der Waals surface area contributed by atoms with E-state index in [9.17, 15) is 9.59 Å². The number of esters is 1. The van der Waals surface area contributed by atoms with Crippen LogP contribution in [-0.4, -0.2) is 29.1 Å². The summed E-state index contributed by atoms with van der Waals surface area (Å²) in [5, 5.41) is 6.97. The second-order valence-electron chi connectivity index (χ2n) is 9.91. The van der Waals surface area contributed by atoms with Crippen LogP contribution in [0.1, 0.15) is 53.3 Å². The van der Waals surface area contributed by atoms with E-state index < -0.39 is 5.97 Å². The second kappa shape index (κ2) is 11.3. The molecule has 0 spiro atoms. The van der Waals surface area contributed by atoms with Crippen molar-refractivity contribution < 1.29 is 18.7 Å². The Morgan fingerprint density at radius 3 is 2.50 bits per heavy atom. The van der Waals surface area contributed by atoms with Gasteiger partial charge in [0.25, 0.3) is 0 Å². The molecular weight excluding hydrogens is 524 g/mol. The minimum Gasteiger partial charge on any atom is -0.465 e. The van der Waals surface area contributed by atoms with Gasteiger partial charge in [-0.3, -0.25) is 9.78 Å². The number of amides is 1. The molecule has 0 radical (unpaired) electrons. The summed E-state index contributed by atoms with van der Waals surface area (Å²) in [6, 6.07) is 22.0. The van der Waals surface area contributed by atoms with Crippen molar-refractivity contribution in [3.05, 3.63) is 102 Å². The summed E-state index contributed by atoms with van der Waals surface area (Å²) in [4.78, 5) is 30.8. The predicted octanol–water partition coefficient (Wildman–Crippen LogP) is 6.21. The first-order valence-corrected chi connectivity index (χ1v) is 13.4. The average Bonchev–Trinajstić information content (AvgIpc) is 3.59. The van der Waals surface area contributed by atoms with E-state index in [0.717, 1.165) is 28.2 Å². The number of benzene rings is 2. The van der Waals surface area contributed by atoms with Gasteiger partial charge in [0.2, 0.25) is 5.91 Å². The van der Waals surface area contributed by atoms with Crippen molar-refractivity contribution in [2.45, 2.75) is 32.9 Å². The lowest BCUT2D eigenvalue weighted by Gasteiger charge is -2.27. The lowest BCUT2D eigenvalue weighted by molar-refractivity contribution is -0.118. The van der Waals surface area contributed by atoms with Gasteiger partial charge >= 0.3 is 5.97 Å². The normalized spacial score (nSPS) is 16.6. The molecule has 2 N–H and O–H groups in total. The quantitative estimate of drug-likeness (QED) is 0.206. The molecule has 40 heavy (non-hydrogen) atoms. The van der Waals surface area contributed by atoms with Gasteiger partial charge in [0, 0.05) is 29.1 Å². The van der Waals surface area contributed by atoms with E-state index in [1.165, 1.54) is 7.11 Å². The molecule has 1 fully saturated rings. The van der Waals surface area contributed by atoms with Crippen LogP contribution in [0.4, 0.5) is 11.4 Å². The van der Waals surface area contributed by atoms with E-state index in [-0.39, 0.29) is 23.9 Å². The van der Waals surface area contributed by atoms with Gasteiger partial charge in [-0.2, -0.15) is 0 Å². The molecule has 204 valence electrons. The first kappa shape index (κ1) is 27.1. The number of furan rings is 1. The lowest BCUT2D eigenvalue weighted by atomic mass is 10.0. The number of nitrogens with one attached hydrogen (secondary N) is 2. The Labute approximate surface area is 238 Å². The third kappa shape index (κ3) is 5.33. The minimum atomic E-state index is -0.392. The Morgan fingerprint density at radius 1 is 1.07 bits per heavy atom. The number of aryl methyl sites for hydroxylation is 1. The molecule has 8 nitrogen and oxygen atoms in total. The van der Waals surface area contributed by atoms with Crippen molar-refractivity contribution >= 4 is 40.6 Å². The predicted molar refractivity (Wildman–Crippen MR) is 158 cm³/mol. The number of nitrogens with zero attached hydrogens (tertiary/aromatic N) is 2. The maximum Gasteiger partial charge on any atom is 0.337 e. The molecule has 0 aliphatic carbocycles. The highest BCUT2D eigenvalue weighted by molar-refractivity contribution is 7.80. The zero-order chi connectivity index (χ0) is 28.4. The molecule has 2 atom stereocenters. The van der Waals surface area contributed by atoms with Gasteiger partial charge in [-0.05, 0) is 79.3 Å². The highest BCUT2D eigenvalue weighted by Gasteiger charge is 2.42. The van der Waals surface area contributed by atoms with E-state index >= 15 is 0 Å². The molecule has 1 saturated heterocycles. The molecule has 3 heterocycles. The van der Waals surface area contributed by atoms with Crippen LogP contribution in [0.25, 0.3) is 11.3 Å². The molecule has 0 saturated carbocycles. The van der Waals surface area contributed by atoms with Crippen molar-refractivity contribution in [3.8, 4) is 11.3 Å². The molecule has 1 aliphatic rings. The summed E-state index contributed by atoms with van der Waals surface area (Å²) in [6.45, 7) is 5.68. The fourth-order valence-electron chi connectivity index (χ4n) is 4.69. The van der Waals surface area contributed by atoms with Crippen LogP contribution in [0.5, 0.6) is 0 Å². The molecular formula is C31H30N4O4S. The summed E-state index contributed by atoms with van der Waals surface area (Å²) >= 11 is 5.84. The number of rotatable bonds is 7. The van der Waals surface area contributed by atoms with Crippen LogP contribution in [0.2, 0.25) is 0 Å². The SMILES string of the molecule is COC(=O)c1ccc(-c2ccc([C@H]3[C@H](c4ccccn4)NC(=S)N3c3ccc(NC(=O)C(C)C)c(C)c3)o2)cc1. The highest BCUT2D eigenvalue weighted by atomic mass is 32.1. The van der Waals surface area contributed by atoms with Crippen molar-refractivity contribution in [2.24, 2.45) is 5.92 Å². The summed E-state index contributed by atoms with van der Waals surface area (Å²) in [7, 11) is 1.36. The number of carbonyl (C=O) groups excluding carboxylic acids is 2. The summed E-state index contributed by atoms with van der Waals surface area (Å²) in [5.41, 5.74) is 4.66. The number of hydrogen-bond donors (Lipinski definition) is 2. The number of anilines is 2. The van der Waals surface area contributed by atoms with Crippen molar-refractivity contribution in [3.63, 3.8) is 0 Å². The fraction of sp³-hybridized carbons (Fsp3) is 0.226. The Kier molecular flexibility index (Phi) is 7.66. The van der Waals surface area contributed by atoms with Gasteiger partial charge in [0.15, 0.2) is 5.11 Å². The van der Waals surface area contributed by atoms with E-state index in [1.54, 1.807) is 18.3 Å². The fourth-order valence-corrected chi connectivity index (χ4v) is 5.04. The topological polar surface area (TPSA) is 96.7 Å². The Morgan fingerprint density at radius 2 is 1.85 bits per heavy atom. The zero-order valence-electron chi connectivity index (χ0n) is 22.7. The maximum atomic E-state index is 12.3. The molecule has 2 aromatic heterocycles. The molecule has 5 rings (SSSR count). The monoisotopic (exact) mass is 554 g/mol. The largest absolute Gasteiger partial charge is 0.465 e. The van der Waals surface area contributed by atoms with Gasteiger partial charge in [-0.1, -0.05) is 32.0 Å².